The molecule has 7 nitrogen and oxygen atoms in total. The summed E-state index contributed by atoms with van der Waals surface area (Å²) in [4.78, 5) is 6.24. The first kappa shape index (κ1) is 23.3. The molecule has 34 heavy (non-hydrogen) atoms. The van der Waals surface area contributed by atoms with E-state index < -0.39 is 30.9 Å². The fraction of sp³-hybridized carbons (Fsp3) is 0.636. The van der Waals surface area contributed by atoms with E-state index in [1.165, 1.54) is 10.9 Å². The SMILES string of the molecule is Nc1ncc(-c2cc([C@H]3[C@@H]4CC(N5CCCOCC5)C[C@@H]43)n(CC(F)F)n2)cc1OC(F)(F)F. The number of nitrogen functional groups attached to an aromatic ring is 1. The van der Waals surface area contributed by atoms with Crippen LogP contribution < -0.4 is 10.5 Å². The lowest BCUT2D eigenvalue weighted by atomic mass is 10.0. The van der Waals surface area contributed by atoms with E-state index >= 15 is 0 Å². The van der Waals surface area contributed by atoms with Crippen LogP contribution in [0, 0.1) is 11.8 Å². The van der Waals surface area contributed by atoms with E-state index in [0.29, 0.717) is 23.6 Å². The van der Waals surface area contributed by atoms with Crippen LogP contribution in [0.15, 0.2) is 18.3 Å². The molecule has 1 saturated heterocycles. The number of hydrogen-bond acceptors (Lipinski definition) is 6. The second-order valence-corrected chi connectivity index (χ2v) is 9.16. The first-order valence-corrected chi connectivity index (χ1v) is 11.4. The quantitative estimate of drug-likeness (QED) is 0.623. The number of ether oxygens (including phenoxy) is 2. The molecule has 1 unspecified atom stereocenters. The monoisotopic (exact) mass is 487 g/mol. The molecule has 2 saturated carbocycles. The molecule has 5 rings (SSSR count). The van der Waals surface area contributed by atoms with E-state index in [1.807, 2.05) is 0 Å². The van der Waals surface area contributed by atoms with E-state index in [9.17, 15) is 22.0 Å². The first-order chi connectivity index (χ1) is 16.2. The molecule has 3 fully saturated rings. The normalized spacial score (nSPS) is 27.6. The van der Waals surface area contributed by atoms with E-state index in [1.54, 1.807) is 6.07 Å². The highest BCUT2D eigenvalue weighted by Gasteiger charge is 2.58. The van der Waals surface area contributed by atoms with Gasteiger partial charge in [0, 0.05) is 49.1 Å². The molecule has 0 radical (unpaired) electrons. The van der Waals surface area contributed by atoms with Gasteiger partial charge >= 0.3 is 6.36 Å². The molecule has 0 spiro atoms. The molecular weight excluding hydrogens is 461 g/mol. The van der Waals surface area contributed by atoms with Crippen LogP contribution in [0.4, 0.5) is 27.8 Å². The summed E-state index contributed by atoms with van der Waals surface area (Å²) in [6.45, 7) is 2.86. The molecule has 2 aromatic rings. The minimum Gasteiger partial charge on any atom is -0.402 e. The minimum absolute atomic E-state index is 0.118. The summed E-state index contributed by atoms with van der Waals surface area (Å²) in [5, 5.41) is 4.29. The molecule has 0 bridgehead atoms. The largest absolute Gasteiger partial charge is 0.573 e. The molecule has 2 aromatic heterocycles. The molecule has 3 heterocycles. The summed E-state index contributed by atoms with van der Waals surface area (Å²) < 4.78 is 75.4. The summed E-state index contributed by atoms with van der Waals surface area (Å²) >= 11 is 0. The Bertz CT molecular complexity index is 1010. The zero-order valence-corrected chi connectivity index (χ0v) is 18.3. The van der Waals surface area contributed by atoms with E-state index in [-0.39, 0.29) is 17.2 Å². The third-order valence-electron chi connectivity index (χ3n) is 7.06. The second kappa shape index (κ2) is 8.95. The molecule has 12 heteroatoms. The Kier molecular flexibility index (Phi) is 6.13. The van der Waals surface area contributed by atoms with Gasteiger partial charge in [0.25, 0.3) is 6.43 Å². The maximum absolute atomic E-state index is 13.3. The molecule has 2 N–H and O–H groups in total. The number of pyridine rings is 1. The van der Waals surface area contributed by atoms with Crippen molar-refractivity contribution in [3.63, 3.8) is 0 Å². The number of alkyl halides is 5. The van der Waals surface area contributed by atoms with Crippen molar-refractivity contribution >= 4 is 5.82 Å². The van der Waals surface area contributed by atoms with Crippen LogP contribution in [0.1, 0.15) is 30.9 Å². The van der Waals surface area contributed by atoms with Crippen LogP contribution in [0.2, 0.25) is 0 Å². The van der Waals surface area contributed by atoms with Gasteiger partial charge in [0.1, 0.15) is 6.54 Å². The number of nitrogens with two attached hydrogens (primary N) is 1. The van der Waals surface area contributed by atoms with Crippen molar-refractivity contribution in [2.75, 3.05) is 32.0 Å². The van der Waals surface area contributed by atoms with Gasteiger partial charge in [-0.25, -0.2) is 13.8 Å². The highest BCUT2D eigenvalue weighted by atomic mass is 19.4. The van der Waals surface area contributed by atoms with Crippen LogP contribution in [0.25, 0.3) is 11.3 Å². The maximum Gasteiger partial charge on any atom is 0.573 e. The van der Waals surface area contributed by atoms with Crippen molar-refractivity contribution in [2.24, 2.45) is 11.8 Å². The van der Waals surface area contributed by atoms with Crippen molar-refractivity contribution in [2.45, 2.75) is 50.6 Å². The third kappa shape index (κ3) is 4.83. The Labute approximate surface area is 193 Å². The molecule has 0 amide bonds. The van der Waals surface area contributed by atoms with E-state index in [4.69, 9.17) is 10.5 Å². The van der Waals surface area contributed by atoms with Crippen LogP contribution >= 0.6 is 0 Å². The molecule has 1 aliphatic heterocycles. The van der Waals surface area contributed by atoms with Crippen LogP contribution in [0.3, 0.4) is 0 Å². The maximum atomic E-state index is 13.3. The molecule has 2 aliphatic carbocycles. The second-order valence-electron chi connectivity index (χ2n) is 9.16. The van der Waals surface area contributed by atoms with Gasteiger partial charge in [-0.3, -0.25) is 9.58 Å². The minimum atomic E-state index is -4.93. The van der Waals surface area contributed by atoms with Crippen molar-refractivity contribution < 1.29 is 31.4 Å². The van der Waals surface area contributed by atoms with E-state index in [2.05, 4.69) is 19.7 Å². The third-order valence-corrected chi connectivity index (χ3v) is 7.06. The van der Waals surface area contributed by atoms with Crippen LogP contribution in [-0.2, 0) is 11.3 Å². The highest BCUT2D eigenvalue weighted by molar-refractivity contribution is 5.64. The summed E-state index contributed by atoms with van der Waals surface area (Å²) in [5.41, 5.74) is 6.68. The van der Waals surface area contributed by atoms with Crippen molar-refractivity contribution in [3.8, 4) is 17.0 Å². The van der Waals surface area contributed by atoms with Crippen LogP contribution in [0.5, 0.6) is 5.75 Å². The van der Waals surface area contributed by atoms with Gasteiger partial charge in [0.15, 0.2) is 11.6 Å². The summed E-state index contributed by atoms with van der Waals surface area (Å²) in [6, 6.07) is 3.24. The van der Waals surface area contributed by atoms with E-state index in [0.717, 1.165) is 51.6 Å². The highest BCUT2D eigenvalue weighted by Crippen LogP contribution is 2.64. The van der Waals surface area contributed by atoms with Crippen molar-refractivity contribution in [1.29, 1.82) is 0 Å². The summed E-state index contributed by atoms with van der Waals surface area (Å²) in [6.07, 6.45) is -3.27. The molecule has 0 aromatic carbocycles. The molecule has 186 valence electrons. The number of hydrogen-bond donors (Lipinski definition) is 1. The average Bonchev–Trinajstić information content (AvgIpc) is 3.14. The predicted molar refractivity (Wildman–Crippen MR) is 112 cm³/mol. The predicted octanol–water partition coefficient (Wildman–Crippen LogP) is 3.91. The lowest BCUT2D eigenvalue weighted by Crippen LogP contribution is -2.36. The van der Waals surface area contributed by atoms with Crippen LogP contribution in [-0.4, -0.2) is 64.8 Å². The fourth-order valence-corrected chi connectivity index (χ4v) is 5.60. The Hall–Kier alpha value is -2.47. The molecule has 3 aliphatic rings. The number of anilines is 1. The lowest BCUT2D eigenvalue weighted by molar-refractivity contribution is -0.274. The summed E-state index contributed by atoms with van der Waals surface area (Å²) in [7, 11) is 0. The zero-order valence-electron chi connectivity index (χ0n) is 18.3. The van der Waals surface area contributed by atoms with Gasteiger partial charge in [-0.2, -0.15) is 5.10 Å². The Morgan fingerprint density at radius 1 is 1.15 bits per heavy atom. The fourth-order valence-electron chi connectivity index (χ4n) is 5.60. The van der Waals surface area contributed by atoms with Gasteiger partial charge in [-0.15, -0.1) is 13.2 Å². The van der Waals surface area contributed by atoms with Gasteiger partial charge < -0.3 is 15.2 Å². The van der Waals surface area contributed by atoms with Gasteiger partial charge in [-0.05, 0) is 43.2 Å². The number of rotatable bonds is 6. The first-order valence-electron chi connectivity index (χ1n) is 11.4. The topological polar surface area (TPSA) is 78.4 Å². The van der Waals surface area contributed by atoms with Crippen molar-refractivity contribution in [3.05, 3.63) is 24.0 Å². The number of fused-ring (bicyclic) bond motifs is 1. The van der Waals surface area contributed by atoms with Gasteiger partial charge in [-0.1, -0.05) is 0 Å². The molecular formula is C22H26F5N5O2. The van der Waals surface area contributed by atoms with Crippen molar-refractivity contribution in [1.82, 2.24) is 19.7 Å². The molecule has 4 atom stereocenters. The average molecular weight is 487 g/mol. The standard InChI is InChI=1S/C22H26F5N5O2/c23-19(24)11-32-17(20-14-7-13(8-15(14)20)31-2-1-4-33-5-3-31)9-16(30-32)12-6-18(21(28)29-10-12)34-22(25,26)27/h6,9-10,13-15,19-20H,1-5,7-8,11H2,(H2,28,29)/t13?,14-,15+,20+. The van der Waals surface area contributed by atoms with Gasteiger partial charge in [0.2, 0.25) is 0 Å². The Balaban J connectivity index is 1.36. The smallest absolute Gasteiger partial charge is 0.402 e. The lowest BCUT2D eigenvalue weighted by Gasteiger charge is -2.28. The number of aromatic nitrogens is 3. The Morgan fingerprint density at radius 2 is 1.91 bits per heavy atom. The summed E-state index contributed by atoms with van der Waals surface area (Å²) in [5.74, 6) is -0.169. The van der Waals surface area contributed by atoms with Gasteiger partial charge in [0.05, 0.1) is 12.3 Å². The zero-order chi connectivity index (χ0) is 24.0. The number of nitrogens with zero attached hydrogens (tertiary/aromatic N) is 4. The number of halogens is 5. The Morgan fingerprint density at radius 3 is 2.62 bits per heavy atom.